The lowest BCUT2D eigenvalue weighted by molar-refractivity contribution is 0.0745. The molecule has 1 amide bonds. The molecule has 1 aromatic rings. The second-order valence-corrected chi connectivity index (χ2v) is 5.32. The largest absolute Gasteiger partial charge is 0.339 e. The van der Waals surface area contributed by atoms with E-state index in [0.717, 1.165) is 31.7 Å². The predicted molar refractivity (Wildman–Crippen MR) is 80.6 cm³/mol. The molecule has 0 fully saturated rings. The molecule has 4 heteroatoms. The molecule has 0 atom stereocenters. The first-order valence-corrected chi connectivity index (χ1v) is 6.73. The van der Waals surface area contributed by atoms with E-state index >= 15 is 0 Å². The van der Waals surface area contributed by atoms with E-state index in [4.69, 9.17) is 0 Å². The lowest BCUT2D eigenvalue weighted by atomic mass is 10.1. The van der Waals surface area contributed by atoms with Crippen LogP contribution in [0.2, 0.25) is 0 Å². The van der Waals surface area contributed by atoms with Crippen LogP contribution >= 0.6 is 12.4 Å². The summed E-state index contributed by atoms with van der Waals surface area (Å²) in [6.07, 6.45) is 0. The maximum absolute atomic E-state index is 12.4. The predicted octanol–water partition coefficient (Wildman–Crippen LogP) is 2.83. The molecule has 0 unspecified atom stereocenters. The number of amides is 1. The van der Waals surface area contributed by atoms with E-state index < -0.39 is 0 Å². The van der Waals surface area contributed by atoms with Crippen molar-refractivity contribution in [3.05, 3.63) is 34.9 Å². The van der Waals surface area contributed by atoms with Gasteiger partial charge in [-0.25, -0.2) is 0 Å². The van der Waals surface area contributed by atoms with Crippen molar-refractivity contribution in [2.24, 2.45) is 5.92 Å². The fourth-order valence-electron chi connectivity index (χ4n) is 2.41. The smallest absolute Gasteiger partial charge is 0.253 e. The fourth-order valence-corrected chi connectivity index (χ4v) is 2.41. The van der Waals surface area contributed by atoms with Gasteiger partial charge in [0.15, 0.2) is 0 Å². The number of hydrogen-bond donors (Lipinski definition) is 1. The van der Waals surface area contributed by atoms with Gasteiger partial charge in [0.2, 0.25) is 0 Å². The number of carbonyl (C=O) groups excluding carboxylic acids is 1. The molecule has 1 aliphatic rings. The van der Waals surface area contributed by atoms with Crippen molar-refractivity contribution in [3.63, 3.8) is 0 Å². The second-order valence-electron chi connectivity index (χ2n) is 5.32. The van der Waals surface area contributed by atoms with Crippen LogP contribution in [-0.4, -0.2) is 23.9 Å². The van der Waals surface area contributed by atoms with Crippen molar-refractivity contribution >= 4 is 18.3 Å². The number of nitrogens with one attached hydrogen (secondary N) is 1. The van der Waals surface area contributed by atoms with Crippen molar-refractivity contribution in [1.82, 2.24) is 10.2 Å². The van der Waals surface area contributed by atoms with Crippen LogP contribution < -0.4 is 5.32 Å². The third-order valence-electron chi connectivity index (χ3n) is 3.34. The van der Waals surface area contributed by atoms with Gasteiger partial charge in [0.05, 0.1) is 0 Å². The molecule has 1 aliphatic heterocycles. The topological polar surface area (TPSA) is 32.3 Å². The minimum Gasteiger partial charge on any atom is -0.339 e. The Labute approximate surface area is 121 Å². The van der Waals surface area contributed by atoms with Gasteiger partial charge in [-0.15, -0.1) is 12.4 Å². The zero-order chi connectivity index (χ0) is 13.1. The highest BCUT2D eigenvalue weighted by molar-refractivity contribution is 5.94. The van der Waals surface area contributed by atoms with Gasteiger partial charge in [-0.1, -0.05) is 19.9 Å². The second kappa shape index (κ2) is 6.92. The summed E-state index contributed by atoms with van der Waals surface area (Å²) in [7, 11) is 0. The molecule has 1 aromatic carbocycles. The van der Waals surface area contributed by atoms with E-state index in [1.165, 1.54) is 11.1 Å². The van der Waals surface area contributed by atoms with Crippen LogP contribution in [0, 0.1) is 5.92 Å². The summed E-state index contributed by atoms with van der Waals surface area (Å²) in [5.41, 5.74) is 3.40. The van der Waals surface area contributed by atoms with Crippen molar-refractivity contribution in [2.75, 3.05) is 13.1 Å². The molecule has 3 nitrogen and oxygen atoms in total. The Kier molecular flexibility index (Phi) is 5.83. The molecule has 1 N–H and O–H groups in total. The normalized spacial score (nSPS) is 13.1. The Hall–Kier alpha value is -1.06. The Morgan fingerprint density at radius 3 is 2.63 bits per heavy atom. The minimum absolute atomic E-state index is 0. The number of hydrogen-bond acceptors (Lipinski definition) is 2. The van der Waals surface area contributed by atoms with Crippen molar-refractivity contribution in [2.45, 2.75) is 33.9 Å². The molecule has 2 rings (SSSR count). The van der Waals surface area contributed by atoms with E-state index in [9.17, 15) is 4.79 Å². The maximum Gasteiger partial charge on any atom is 0.253 e. The van der Waals surface area contributed by atoms with Gasteiger partial charge in [-0.2, -0.15) is 0 Å². The van der Waals surface area contributed by atoms with Gasteiger partial charge in [0, 0.05) is 31.7 Å². The molecule has 0 bridgehead atoms. The maximum atomic E-state index is 12.4. The van der Waals surface area contributed by atoms with E-state index in [-0.39, 0.29) is 18.3 Å². The Bertz CT molecular complexity index is 446. The first-order chi connectivity index (χ1) is 8.61. The first kappa shape index (κ1) is 16.0. The summed E-state index contributed by atoms with van der Waals surface area (Å²) >= 11 is 0. The molecule has 0 spiro atoms. The van der Waals surface area contributed by atoms with Crippen molar-refractivity contribution < 1.29 is 4.79 Å². The molecule has 1 heterocycles. The van der Waals surface area contributed by atoms with Crippen LogP contribution in [0.1, 0.15) is 42.3 Å². The van der Waals surface area contributed by atoms with Crippen LogP contribution in [0.5, 0.6) is 0 Å². The molecule has 0 saturated heterocycles. The third-order valence-corrected chi connectivity index (χ3v) is 3.34. The van der Waals surface area contributed by atoms with E-state index in [2.05, 4.69) is 25.2 Å². The van der Waals surface area contributed by atoms with Crippen LogP contribution in [0.15, 0.2) is 18.2 Å². The lowest BCUT2D eigenvalue weighted by Gasteiger charge is -2.23. The van der Waals surface area contributed by atoms with Gasteiger partial charge in [0.25, 0.3) is 5.91 Å². The highest BCUT2D eigenvalue weighted by Gasteiger charge is 2.18. The van der Waals surface area contributed by atoms with Gasteiger partial charge in [-0.3, -0.25) is 4.79 Å². The average Bonchev–Trinajstić information content (AvgIpc) is 2.81. The summed E-state index contributed by atoms with van der Waals surface area (Å²) < 4.78 is 0. The van der Waals surface area contributed by atoms with Gasteiger partial charge in [-0.05, 0) is 36.1 Å². The molecule has 0 saturated carbocycles. The number of fused-ring (bicyclic) bond motifs is 1. The van der Waals surface area contributed by atoms with Crippen LogP contribution in [0.3, 0.4) is 0 Å². The lowest BCUT2D eigenvalue weighted by Crippen LogP contribution is -2.34. The molecule has 0 radical (unpaired) electrons. The monoisotopic (exact) mass is 282 g/mol. The van der Waals surface area contributed by atoms with Gasteiger partial charge >= 0.3 is 0 Å². The number of rotatable bonds is 4. The number of carbonyl (C=O) groups is 1. The van der Waals surface area contributed by atoms with Crippen LogP contribution in [0.25, 0.3) is 0 Å². The summed E-state index contributed by atoms with van der Waals surface area (Å²) in [4.78, 5) is 14.3. The van der Waals surface area contributed by atoms with Crippen molar-refractivity contribution in [1.29, 1.82) is 0 Å². The third kappa shape index (κ3) is 3.71. The summed E-state index contributed by atoms with van der Waals surface area (Å²) in [5.74, 6) is 0.658. The zero-order valence-electron chi connectivity index (χ0n) is 11.9. The van der Waals surface area contributed by atoms with Crippen LogP contribution in [-0.2, 0) is 13.1 Å². The molecule has 19 heavy (non-hydrogen) atoms. The molecule has 0 aromatic heterocycles. The first-order valence-electron chi connectivity index (χ1n) is 6.73. The molecular formula is C15H23ClN2O. The van der Waals surface area contributed by atoms with E-state index in [1.807, 2.05) is 24.0 Å². The fraction of sp³-hybridized carbons (Fsp3) is 0.533. The molecular weight excluding hydrogens is 260 g/mol. The number of nitrogens with zero attached hydrogens (tertiary/aromatic N) is 1. The van der Waals surface area contributed by atoms with Crippen LogP contribution in [0.4, 0.5) is 0 Å². The number of halogens is 1. The van der Waals surface area contributed by atoms with Gasteiger partial charge < -0.3 is 10.2 Å². The summed E-state index contributed by atoms with van der Waals surface area (Å²) in [6.45, 7) is 9.72. The SMILES string of the molecule is CCN(CC(C)C)C(=O)c1ccc2c(c1)CNC2.Cl. The van der Waals surface area contributed by atoms with E-state index in [0.29, 0.717) is 5.92 Å². The zero-order valence-corrected chi connectivity index (χ0v) is 12.7. The Morgan fingerprint density at radius 1 is 1.32 bits per heavy atom. The average molecular weight is 283 g/mol. The highest BCUT2D eigenvalue weighted by atomic mass is 35.5. The Balaban J connectivity index is 0.00000180. The molecule has 0 aliphatic carbocycles. The number of benzene rings is 1. The summed E-state index contributed by atoms with van der Waals surface area (Å²) in [5, 5.41) is 3.30. The minimum atomic E-state index is 0. The summed E-state index contributed by atoms with van der Waals surface area (Å²) in [6, 6.07) is 6.07. The standard InChI is InChI=1S/C15H22N2O.ClH/c1-4-17(10-11(2)3)15(18)12-5-6-13-8-16-9-14(13)7-12;/h5-7,11,16H,4,8-10H2,1-3H3;1H. The Morgan fingerprint density at radius 2 is 2.00 bits per heavy atom. The molecule has 106 valence electrons. The quantitative estimate of drug-likeness (QED) is 0.921. The van der Waals surface area contributed by atoms with E-state index in [1.54, 1.807) is 0 Å². The highest BCUT2D eigenvalue weighted by Crippen LogP contribution is 2.18. The van der Waals surface area contributed by atoms with Crippen molar-refractivity contribution in [3.8, 4) is 0 Å². The van der Waals surface area contributed by atoms with Gasteiger partial charge in [0.1, 0.15) is 0 Å².